The lowest BCUT2D eigenvalue weighted by atomic mass is 9.96. The fourth-order valence-corrected chi connectivity index (χ4v) is 4.73. The van der Waals surface area contributed by atoms with Gasteiger partial charge in [-0.25, -0.2) is 9.78 Å². The summed E-state index contributed by atoms with van der Waals surface area (Å²) in [6, 6.07) is 25.9. The molecule has 0 fully saturated rings. The lowest BCUT2D eigenvalue weighted by molar-refractivity contribution is 0.388. The Bertz CT molecular complexity index is 1660. The van der Waals surface area contributed by atoms with Crippen LogP contribution >= 0.6 is 29.4 Å². The van der Waals surface area contributed by atoms with Crippen molar-refractivity contribution in [3.63, 3.8) is 0 Å². The predicted molar refractivity (Wildman–Crippen MR) is 166 cm³/mol. The van der Waals surface area contributed by atoms with Gasteiger partial charge in [-0.15, -0.1) is 29.4 Å². The topological polar surface area (TPSA) is 93.8 Å². The second kappa shape index (κ2) is 14.1. The molecule has 0 atom stereocenters. The first kappa shape index (κ1) is 30.8. The number of hydrogen-bond acceptors (Lipinski definition) is 5. The summed E-state index contributed by atoms with van der Waals surface area (Å²) in [4.78, 5) is 32.8. The number of aryl methyl sites for hydroxylation is 2. The van der Waals surface area contributed by atoms with E-state index in [9.17, 15) is 9.59 Å². The second-order valence-corrected chi connectivity index (χ2v) is 9.43. The second-order valence-electron chi connectivity index (χ2n) is 9.43. The Hall–Kier alpha value is -3.75. The number of rotatable bonds is 9. The molecule has 0 bridgehead atoms. The van der Waals surface area contributed by atoms with Gasteiger partial charge in [-0.2, -0.15) is 0 Å². The Balaban J connectivity index is 0.00000220. The summed E-state index contributed by atoms with van der Waals surface area (Å²) in [5.74, 6) is 0.542. The van der Waals surface area contributed by atoms with E-state index in [1.807, 2.05) is 85.8 Å². The molecule has 0 unspecified atom stereocenters. The van der Waals surface area contributed by atoms with Gasteiger partial charge in [0.1, 0.15) is 5.82 Å². The Labute approximate surface area is 249 Å². The summed E-state index contributed by atoms with van der Waals surface area (Å²) in [7, 11) is 0. The lowest BCUT2D eigenvalue weighted by Gasteiger charge is -2.16. The molecule has 2 aromatic heterocycles. The molecule has 7 nitrogen and oxygen atoms in total. The number of hydrogen-bond donors (Lipinski definition) is 1. The van der Waals surface area contributed by atoms with Gasteiger partial charge in [-0.1, -0.05) is 97.4 Å². The fraction of sp³-hybridized carbons (Fsp3) is 0.226. The van der Waals surface area contributed by atoms with Crippen molar-refractivity contribution in [2.45, 2.75) is 46.1 Å². The molecule has 0 aliphatic heterocycles. The van der Waals surface area contributed by atoms with Crippen LogP contribution in [0.2, 0.25) is 0 Å². The Morgan fingerprint density at radius 1 is 0.875 bits per heavy atom. The number of halogens is 2. The normalized spacial score (nSPS) is 10.6. The summed E-state index contributed by atoms with van der Waals surface area (Å²) in [6.45, 7) is 4.56. The average molecular weight is 624 g/mol. The molecule has 3 aromatic carbocycles. The maximum atomic E-state index is 13.8. The van der Waals surface area contributed by atoms with Crippen LogP contribution in [0, 0.1) is 6.92 Å². The minimum atomic E-state index is -0.589. The lowest BCUT2D eigenvalue weighted by Crippen LogP contribution is -2.30. The molecule has 0 aliphatic carbocycles. The Kier molecular flexibility index (Phi) is 10.8. The van der Waals surface area contributed by atoms with Crippen LogP contribution in [0.4, 0.5) is 0 Å². The van der Waals surface area contributed by atoms with E-state index < -0.39 is 5.76 Å². The quantitative estimate of drug-likeness (QED) is 0.201. The van der Waals surface area contributed by atoms with Gasteiger partial charge in [-0.3, -0.25) is 18.9 Å². The molecular formula is C31H32BrClN4O3. The SMILES string of the molecule is Br.CCCCc1nc(C)n(Cc2ccccc2)c(=O)c1Cc1ccc(-c2ccccc2-c2noc(=O)[nH]2)cc1.Cl. The zero-order chi connectivity index (χ0) is 26.5. The maximum Gasteiger partial charge on any atom is 0.439 e. The molecule has 5 aromatic rings. The van der Waals surface area contributed by atoms with Crippen molar-refractivity contribution in [3.05, 3.63) is 128 Å². The average Bonchev–Trinajstić information content (AvgIpc) is 3.38. The minimum Gasteiger partial charge on any atom is -0.296 e. The largest absolute Gasteiger partial charge is 0.439 e. The van der Waals surface area contributed by atoms with Crippen molar-refractivity contribution < 1.29 is 4.52 Å². The van der Waals surface area contributed by atoms with Gasteiger partial charge in [0.15, 0.2) is 5.82 Å². The van der Waals surface area contributed by atoms with Gasteiger partial charge in [0, 0.05) is 17.5 Å². The molecular weight excluding hydrogens is 592 g/mol. The van der Waals surface area contributed by atoms with Crippen LogP contribution in [0.15, 0.2) is 93.0 Å². The van der Waals surface area contributed by atoms with E-state index in [-0.39, 0.29) is 34.9 Å². The van der Waals surface area contributed by atoms with Gasteiger partial charge in [0.2, 0.25) is 0 Å². The predicted octanol–water partition coefficient (Wildman–Crippen LogP) is 6.54. The van der Waals surface area contributed by atoms with Gasteiger partial charge in [0.05, 0.1) is 12.2 Å². The number of benzene rings is 3. The molecule has 208 valence electrons. The zero-order valence-electron chi connectivity index (χ0n) is 22.4. The third kappa shape index (κ3) is 6.87. The highest BCUT2D eigenvalue weighted by molar-refractivity contribution is 8.93. The summed E-state index contributed by atoms with van der Waals surface area (Å²) < 4.78 is 6.48. The third-order valence-corrected chi connectivity index (χ3v) is 6.76. The van der Waals surface area contributed by atoms with Crippen LogP contribution in [0.5, 0.6) is 0 Å². The zero-order valence-corrected chi connectivity index (χ0v) is 25.0. The number of nitrogens with zero attached hydrogens (tertiary/aromatic N) is 3. The number of H-pyrrole nitrogens is 1. The standard InChI is InChI=1S/C31H30N4O3.BrH.ClH/c1-3-4-14-28-27(30(36)35(21(2)32-28)20-23-10-6-5-7-11-23)19-22-15-17-24(18-16-22)25-12-8-9-13-26(25)29-33-31(37)38-34-29;;/h5-13,15-18H,3-4,14,19-20H2,1-2H3,(H,33,34,37);2*1H. The van der Waals surface area contributed by atoms with Crippen LogP contribution in [0.1, 0.15) is 48.0 Å². The molecule has 0 aliphatic rings. The van der Waals surface area contributed by atoms with Crippen molar-refractivity contribution in [2.24, 2.45) is 0 Å². The highest BCUT2D eigenvalue weighted by atomic mass is 79.9. The molecule has 5 rings (SSSR count). The first-order valence-corrected chi connectivity index (χ1v) is 12.9. The molecule has 1 N–H and O–H groups in total. The first-order chi connectivity index (χ1) is 18.5. The van der Waals surface area contributed by atoms with E-state index in [1.54, 1.807) is 4.57 Å². The summed E-state index contributed by atoms with van der Waals surface area (Å²) in [6.07, 6.45) is 3.33. The van der Waals surface area contributed by atoms with Crippen LogP contribution in [0.25, 0.3) is 22.5 Å². The molecule has 0 radical (unpaired) electrons. The molecule has 40 heavy (non-hydrogen) atoms. The molecule has 2 heterocycles. The monoisotopic (exact) mass is 622 g/mol. The van der Waals surface area contributed by atoms with Crippen molar-refractivity contribution in [2.75, 3.05) is 0 Å². The highest BCUT2D eigenvalue weighted by Crippen LogP contribution is 2.30. The van der Waals surface area contributed by atoms with E-state index in [0.29, 0.717) is 18.8 Å². The molecule has 0 saturated carbocycles. The number of aromatic amines is 1. The molecule has 9 heteroatoms. The number of unbranched alkanes of at least 4 members (excludes halogenated alkanes) is 1. The van der Waals surface area contributed by atoms with Crippen molar-refractivity contribution in [3.8, 4) is 22.5 Å². The van der Waals surface area contributed by atoms with E-state index in [4.69, 9.17) is 9.51 Å². The van der Waals surface area contributed by atoms with E-state index in [2.05, 4.69) is 17.1 Å². The van der Waals surface area contributed by atoms with Gasteiger partial charge < -0.3 is 0 Å². The number of nitrogens with one attached hydrogen (secondary N) is 1. The summed E-state index contributed by atoms with van der Waals surface area (Å²) in [5.41, 5.74) is 6.46. The summed E-state index contributed by atoms with van der Waals surface area (Å²) >= 11 is 0. The molecule has 0 amide bonds. The molecule has 0 spiro atoms. The van der Waals surface area contributed by atoms with Gasteiger partial charge in [-0.05, 0) is 42.0 Å². The first-order valence-electron chi connectivity index (χ1n) is 12.9. The van der Waals surface area contributed by atoms with E-state index >= 15 is 0 Å². The maximum absolute atomic E-state index is 13.8. The van der Waals surface area contributed by atoms with E-state index in [1.165, 1.54) is 0 Å². The fourth-order valence-electron chi connectivity index (χ4n) is 4.73. The van der Waals surface area contributed by atoms with Crippen LogP contribution < -0.4 is 11.3 Å². The van der Waals surface area contributed by atoms with Crippen LogP contribution in [0.3, 0.4) is 0 Å². The third-order valence-electron chi connectivity index (χ3n) is 6.76. The van der Waals surface area contributed by atoms with E-state index in [0.717, 1.165) is 64.2 Å². The van der Waals surface area contributed by atoms with Crippen LogP contribution in [-0.2, 0) is 19.4 Å². The van der Waals surface area contributed by atoms with Gasteiger partial charge in [0.25, 0.3) is 5.56 Å². The Morgan fingerprint density at radius 2 is 1.55 bits per heavy atom. The minimum absolute atomic E-state index is 0. The van der Waals surface area contributed by atoms with Crippen molar-refractivity contribution in [1.82, 2.24) is 19.7 Å². The summed E-state index contributed by atoms with van der Waals surface area (Å²) in [5, 5.41) is 3.85. The highest BCUT2D eigenvalue weighted by Gasteiger charge is 2.16. The van der Waals surface area contributed by atoms with Crippen molar-refractivity contribution in [1.29, 1.82) is 0 Å². The number of aromatic nitrogens is 4. The molecule has 0 saturated heterocycles. The van der Waals surface area contributed by atoms with Gasteiger partial charge >= 0.3 is 5.76 Å². The Morgan fingerprint density at radius 3 is 2.20 bits per heavy atom. The van der Waals surface area contributed by atoms with Crippen molar-refractivity contribution >= 4 is 29.4 Å². The smallest absolute Gasteiger partial charge is 0.296 e. The van der Waals surface area contributed by atoms with Crippen LogP contribution in [-0.4, -0.2) is 19.7 Å².